The second-order valence-electron chi connectivity index (χ2n) is 5.24. The minimum atomic E-state index is -0.675. The molecule has 0 spiro atoms. The van der Waals surface area contributed by atoms with Crippen LogP contribution in [0, 0.1) is 10.1 Å². The topological polar surface area (TPSA) is 99.0 Å². The van der Waals surface area contributed by atoms with Gasteiger partial charge in [-0.15, -0.1) is 0 Å². The van der Waals surface area contributed by atoms with E-state index in [0.717, 1.165) is 4.90 Å². The number of hydrogen-bond acceptors (Lipinski definition) is 6. The van der Waals surface area contributed by atoms with E-state index in [1.807, 2.05) is 0 Å². The maximum Gasteiger partial charge on any atom is 0.282 e. The summed E-state index contributed by atoms with van der Waals surface area (Å²) >= 11 is 0. The number of ether oxygens (including phenoxy) is 2. The molecule has 2 amide bonds. The Kier molecular flexibility index (Phi) is 4.34. The SMILES string of the molecule is COc1ccc(OCCN2C(=O)c3cccc([N+](=O)[O-])c3C2=O)cc1. The van der Waals surface area contributed by atoms with Gasteiger partial charge in [-0.05, 0) is 30.3 Å². The number of nitrogens with zero attached hydrogens (tertiary/aromatic N) is 2. The summed E-state index contributed by atoms with van der Waals surface area (Å²) in [6.45, 7) is 0.0706. The Morgan fingerprint density at radius 3 is 2.36 bits per heavy atom. The van der Waals surface area contributed by atoms with Crippen LogP contribution in [0.3, 0.4) is 0 Å². The number of benzene rings is 2. The van der Waals surface area contributed by atoms with Gasteiger partial charge in [0.15, 0.2) is 0 Å². The van der Waals surface area contributed by atoms with E-state index in [-0.39, 0.29) is 30.0 Å². The molecule has 0 radical (unpaired) electrons. The molecule has 128 valence electrons. The van der Waals surface area contributed by atoms with Crippen LogP contribution in [0.15, 0.2) is 42.5 Å². The van der Waals surface area contributed by atoms with E-state index in [2.05, 4.69) is 0 Å². The molecule has 1 aliphatic heterocycles. The van der Waals surface area contributed by atoms with Gasteiger partial charge >= 0.3 is 0 Å². The van der Waals surface area contributed by atoms with Gasteiger partial charge in [-0.25, -0.2) is 0 Å². The lowest BCUT2D eigenvalue weighted by Gasteiger charge is -2.14. The Morgan fingerprint density at radius 1 is 1.04 bits per heavy atom. The first kappa shape index (κ1) is 16.4. The fourth-order valence-corrected chi connectivity index (χ4v) is 2.60. The third-order valence-electron chi connectivity index (χ3n) is 3.82. The Labute approximate surface area is 142 Å². The molecule has 1 heterocycles. The average molecular weight is 342 g/mol. The molecule has 0 atom stereocenters. The Balaban J connectivity index is 1.69. The molecule has 25 heavy (non-hydrogen) atoms. The molecule has 0 unspecified atom stereocenters. The van der Waals surface area contributed by atoms with Gasteiger partial charge in [0, 0.05) is 6.07 Å². The molecule has 8 nitrogen and oxygen atoms in total. The minimum absolute atomic E-state index is 0.00443. The van der Waals surface area contributed by atoms with E-state index in [0.29, 0.717) is 11.5 Å². The van der Waals surface area contributed by atoms with E-state index < -0.39 is 16.7 Å². The molecular formula is C17H14N2O6. The zero-order valence-electron chi connectivity index (χ0n) is 13.3. The van der Waals surface area contributed by atoms with Crippen LogP contribution in [0.1, 0.15) is 20.7 Å². The monoisotopic (exact) mass is 342 g/mol. The first-order chi connectivity index (χ1) is 12.0. The highest BCUT2D eigenvalue weighted by Gasteiger charge is 2.40. The van der Waals surface area contributed by atoms with Crippen molar-refractivity contribution < 1.29 is 24.0 Å². The predicted molar refractivity (Wildman–Crippen MR) is 87.0 cm³/mol. The van der Waals surface area contributed by atoms with E-state index >= 15 is 0 Å². The second-order valence-corrected chi connectivity index (χ2v) is 5.24. The van der Waals surface area contributed by atoms with Crippen molar-refractivity contribution in [2.24, 2.45) is 0 Å². The maximum absolute atomic E-state index is 12.4. The summed E-state index contributed by atoms with van der Waals surface area (Å²) in [6, 6.07) is 10.9. The summed E-state index contributed by atoms with van der Waals surface area (Å²) in [5.41, 5.74) is -0.486. The Morgan fingerprint density at radius 2 is 1.72 bits per heavy atom. The van der Waals surface area contributed by atoms with Crippen LogP contribution in [0.5, 0.6) is 11.5 Å². The van der Waals surface area contributed by atoms with Crippen molar-refractivity contribution in [3.05, 3.63) is 63.7 Å². The predicted octanol–water partition coefficient (Wildman–Crippen LogP) is 2.28. The molecule has 8 heteroatoms. The summed E-state index contributed by atoms with van der Waals surface area (Å²) in [5.74, 6) is 0.0102. The summed E-state index contributed by atoms with van der Waals surface area (Å²) in [5, 5.41) is 11.1. The zero-order chi connectivity index (χ0) is 18.0. The van der Waals surface area contributed by atoms with E-state index in [1.165, 1.54) is 18.2 Å². The van der Waals surface area contributed by atoms with Gasteiger partial charge in [0.1, 0.15) is 23.7 Å². The molecule has 3 rings (SSSR count). The van der Waals surface area contributed by atoms with Crippen LogP contribution in [0.25, 0.3) is 0 Å². The average Bonchev–Trinajstić information content (AvgIpc) is 2.87. The molecule has 0 saturated carbocycles. The molecule has 0 N–H and O–H groups in total. The number of hydrogen-bond donors (Lipinski definition) is 0. The van der Waals surface area contributed by atoms with Gasteiger partial charge in [-0.1, -0.05) is 6.07 Å². The van der Waals surface area contributed by atoms with Crippen LogP contribution >= 0.6 is 0 Å². The normalized spacial score (nSPS) is 12.9. The van der Waals surface area contributed by atoms with Crippen LogP contribution < -0.4 is 9.47 Å². The third-order valence-corrected chi connectivity index (χ3v) is 3.82. The lowest BCUT2D eigenvalue weighted by molar-refractivity contribution is -0.385. The van der Waals surface area contributed by atoms with Crippen molar-refractivity contribution in [3.63, 3.8) is 0 Å². The zero-order valence-corrected chi connectivity index (χ0v) is 13.3. The Hall–Kier alpha value is -3.42. The van der Waals surface area contributed by atoms with E-state index in [4.69, 9.17) is 9.47 Å². The van der Waals surface area contributed by atoms with Gasteiger partial charge < -0.3 is 9.47 Å². The number of rotatable bonds is 6. The van der Waals surface area contributed by atoms with E-state index in [9.17, 15) is 19.7 Å². The highest BCUT2D eigenvalue weighted by Crippen LogP contribution is 2.30. The molecule has 0 saturated heterocycles. The number of nitro benzene ring substituents is 1. The molecule has 0 fully saturated rings. The van der Waals surface area contributed by atoms with Crippen molar-refractivity contribution in [1.29, 1.82) is 0 Å². The van der Waals surface area contributed by atoms with E-state index in [1.54, 1.807) is 31.4 Å². The molecule has 1 aliphatic rings. The highest BCUT2D eigenvalue weighted by molar-refractivity contribution is 6.23. The summed E-state index contributed by atoms with van der Waals surface area (Å²) in [6.07, 6.45) is 0. The first-order valence-electron chi connectivity index (χ1n) is 7.43. The lowest BCUT2D eigenvalue weighted by atomic mass is 10.1. The highest BCUT2D eigenvalue weighted by atomic mass is 16.6. The third kappa shape index (κ3) is 3.01. The summed E-state index contributed by atoms with van der Waals surface area (Å²) in [7, 11) is 1.55. The summed E-state index contributed by atoms with van der Waals surface area (Å²) in [4.78, 5) is 36.1. The molecular weight excluding hydrogens is 328 g/mol. The van der Waals surface area contributed by atoms with Crippen LogP contribution in [-0.4, -0.2) is 41.9 Å². The minimum Gasteiger partial charge on any atom is -0.497 e. The summed E-state index contributed by atoms with van der Waals surface area (Å²) < 4.78 is 10.5. The maximum atomic E-state index is 12.4. The van der Waals surface area contributed by atoms with Crippen molar-refractivity contribution in [3.8, 4) is 11.5 Å². The quantitative estimate of drug-likeness (QED) is 0.454. The molecule has 2 aromatic rings. The van der Waals surface area contributed by atoms with Gasteiger partial charge in [-0.3, -0.25) is 24.6 Å². The van der Waals surface area contributed by atoms with Crippen molar-refractivity contribution in [2.75, 3.05) is 20.3 Å². The fraction of sp³-hybridized carbons (Fsp3) is 0.176. The Bertz CT molecular complexity index is 847. The number of carbonyl (C=O) groups excluding carboxylic acids is 2. The van der Waals surface area contributed by atoms with Gasteiger partial charge in [0.05, 0.1) is 24.1 Å². The van der Waals surface area contributed by atoms with Gasteiger partial charge in [-0.2, -0.15) is 0 Å². The number of methoxy groups -OCH3 is 1. The number of amides is 2. The molecule has 0 aliphatic carbocycles. The second kappa shape index (κ2) is 6.60. The van der Waals surface area contributed by atoms with Crippen LogP contribution in [-0.2, 0) is 0 Å². The van der Waals surface area contributed by atoms with Crippen LogP contribution in [0.4, 0.5) is 5.69 Å². The number of nitro groups is 1. The van der Waals surface area contributed by atoms with Crippen LogP contribution in [0.2, 0.25) is 0 Å². The van der Waals surface area contributed by atoms with Crippen molar-refractivity contribution in [2.45, 2.75) is 0 Å². The molecule has 0 bridgehead atoms. The standard InChI is InChI=1S/C17H14N2O6/c1-24-11-5-7-12(8-6-11)25-10-9-18-16(20)13-3-2-4-14(19(22)23)15(13)17(18)21/h2-8H,9-10H2,1H3. The molecule has 2 aromatic carbocycles. The molecule has 0 aromatic heterocycles. The lowest BCUT2D eigenvalue weighted by Crippen LogP contribution is -2.33. The number of fused-ring (bicyclic) bond motifs is 1. The van der Waals surface area contributed by atoms with Crippen molar-refractivity contribution >= 4 is 17.5 Å². The van der Waals surface area contributed by atoms with Gasteiger partial charge in [0.25, 0.3) is 17.5 Å². The smallest absolute Gasteiger partial charge is 0.282 e. The van der Waals surface area contributed by atoms with Crippen molar-refractivity contribution in [1.82, 2.24) is 4.90 Å². The number of imide groups is 1. The number of carbonyl (C=O) groups is 2. The van der Waals surface area contributed by atoms with Gasteiger partial charge in [0.2, 0.25) is 0 Å². The first-order valence-corrected chi connectivity index (χ1v) is 7.43. The largest absolute Gasteiger partial charge is 0.497 e. The fourth-order valence-electron chi connectivity index (χ4n) is 2.60.